The van der Waals surface area contributed by atoms with Gasteiger partial charge in [-0.25, -0.2) is 4.98 Å². The summed E-state index contributed by atoms with van der Waals surface area (Å²) in [5.74, 6) is 0.259. The van der Waals surface area contributed by atoms with Gasteiger partial charge < -0.3 is 10.6 Å². The third-order valence-electron chi connectivity index (χ3n) is 2.67. The van der Waals surface area contributed by atoms with E-state index in [-0.39, 0.29) is 29.1 Å². The van der Waals surface area contributed by atoms with Crippen molar-refractivity contribution in [3.8, 4) is 0 Å². The fourth-order valence-electron chi connectivity index (χ4n) is 1.65. The zero-order valence-corrected chi connectivity index (χ0v) is 11.9. The second-order valence-electron chi connectivity index (χ2n) is 4.59. The summed E-state index contributed by atoms with van der Waals surface area (Å²) >= 11 is 5.90. The van der Waals surface area contributed by atoms with Crippen molar-refractivity contribution in [2.45, 2.75) is 32.5 Å². The molecule has 0 aromatic carbocycles. The molecule has 1 aromatic rings. The summed E-state index contributed by atoms with van der Waals surface area (Å²) in [6.45, 7) is 4.08. The molecule has 20 heavy (non-hydrogen) atoms. The van der Waals surface area contributed by atoms with Gasteiger partial charge >= 0.3 is 6.18 Å². The van der Waals surface area contributed by atoms with Crippen LogP contribution in [0.3, 0.4) is 0 Å². The Labute approximate surface area is 120 Å². The third kappa shape index (κ3) is 4.26. The lowest BCUT2D eigenvalue weighted by molar-refractivity contribution is -0.137. The molecular formula is C12H16ClF3N4. The zero-order valence-electron chi connectivity index (χ0n) is 11.1. The Hall–Kier alpha value is -1.50. The van der Waals surface area contributed by atoms with Crippen molar-refractivity contribution in [2.75, 3.05) is 11.4 Å². The van der Waals surface area contributed by atoms with Crippen LogP contribution in [0.4, 0.5) is 19.0 Å². The average molecular weight is 309 g/mol. The van der Waals surface area contributed by atoms with Crippen LogP contribution in [0.5, 0.6) is 0 Å². The van der Waals surface area contributed by atoms with E-state index in [2.05, 4.69) is 4.98 Å². The fraction of sp³-hybridized carbons (Fsp3) is 0.500. The quantitative estimate of drug-likeness (QED) is 0.648. The minimum Gasteiger partial charge on any atom is -0.388 e. The van der Waals surface area contributed by atoms with Gasteiger partial charge in [0, 0.05) is 25.2 Å². The van der Waals surface area contributed by atoms with E-state index in [0.717, 1.165) is 12.3 Å². The number of pyridine rings is 1. The summed E-state index contributed by atoms with van der Waals surface area (Å²) < 4.78 is 37.7. The van der Waals surface area contributed by atoms with Crippen LogP contribution in [0, 0.1) is 5.41 Å². The largest absolute Gasteiger partial charge is 0.417 e. The number of hydrogen-bond donors (Lipinski definition) is 2. The van der Waals surface area contributed by atoms with Crippen LogP contribution < -0.4 is 10.6 Å². The molecule has 8 heteroatoms. The van der Waals surface area contributed by atoms with E-state index in [0.29, 0.717) is 6.54 Å². The number of amidine groups is 1. The van der Waals surface area contributed by atoms with E-state index in [1.807, 2.05) is 13.8 Å². The van der Waals surface area contributed by atoms with Gasteiger partial charge in [0.1, 0.15) is 5.82 Å². The van der Waals surface area contributed by atoms with Gasteiger partial charge in [-0.2, -0.15) is 13.2 Å². The SMILES string of the molecule is CC(C)N(CCC(=N)N)c1ncc(C(F)(F)F)cc1Cl. The van der Waals surface area contributed by atoms with Gasteiger partial charge in [0.15, 0.2) is 0 Å². The van der Waals surface area contributed by atoms with Crippen LogP contribution in [-0.4, -0.2) is 23.4 Å². The first kappa shape index (κ1) is 16.6. The first-order chi connectivity index (χ1) is 9.12. The van der Waals surface area contributed by atoms with Gasteiger partial charge in [0.25, 0.3) is 0 Å². The number of nitrogens with two attached hydrogens (primary N) is 1. The second kappa shape index (κ2) is 6.30. The molecule has 4 nitrogen and oxygen atoms in total. The summed E-state index contributed by atoms with van der Waals surface area (Å²) in [5, 5.41) is 7.14. The van der Waals surface area contributed by atoms with Gasteiger partial charge in [-0.3, -0.25) is 5.41 Å². The molecule has 0 amide bonds. The highest BCUT2D eigenvalue weighted by Crippen LogP contribution is 2.33. The molecule has 0 spiro atoms. The highest BCUT2D eigenvalue weighted by molar-refractivity contribution is 6.33. The molecule has 0 saturated carbocycles. The molecule has 0 fully saturated rings. The highest BCUT2D eigenvalue weighted by Gasteiger charge is 2.32. The maximum absolute atomic E-state index is 12.6. The standard InChI is InChI=1S/C12H16ClF3N4/c1-7(2)20(4-3-10(17)18)11-9(13)5-8(6-19-11)12(14,15)16/h5-7H,3-4H2,1-2H3,(H3,17,18). The van der Waals surface area contributed by atoms with E-state index < -0.39 is 11.7 Å². The molecule has 1 aromatic heterocycles. The monoisotopic (exact) mass is 308 g/mol. The first-order valence-electron chi connectivity index (χ1n) is 5.95. The predicted octanol–water partition coefficient (Wildman–Crippen LogP) is 3.29. The molecule has 1 heterocycles. The fourth-order valence-corrected chi connectivity index (χ4v) is 1.92. The Morgan fingerprint density at radius 1 is 1.50 bits per heavy atom. The Morgan fingerprint density at radius 3 is 2.50 bits per heavy atom. The number of nitrogens with one attached hydrogen (secondary N) is 1. The molecule has 0 aliphatic carbocycles. The van der Waals surface area contributed by atoms with Crippen molar-refractivity contribution in [3.63, 3.8) is 0 Å². The lowest BCUT2D eigenvalue weighted by atomic mass is 10.2. The van der Waals surface area contributed by atoms with Crippen LogP contribution in [0.2, 0.25) is 5.02 Å². The van der Waals surface area contributed by atoms with Gasteiger partial charge in [-0.05, 0) is 19.9 Å². The molecular weight excluding hydrogens is 293 g/mol. The Morgan fingerprint density at radius 2 is 2.10 bits per heavy atom. The summed E-state index contributed by atoms with van der Waals surface area (Å²) in [4.78, 5) is 5.52. The summed E-state index contributed by atoms with van der Waals surface area (Å²) in [7, 11) is 0. The van der Waals surface area contributed by atoms with Gasteiger partial charge in [-0.1, -0.05) is 11.6 Å². The van der Waals surface area contributed by atoms with Gasteiger partial charge in [-0.15, -0.1) is 0 Å². The van der Waals surface area contributed by atoms with E-state index >= 15 is 0 Å². The highest BCUT2D eigenvalue weighted by atomic mass is 35.5. The van der Waals surface area contributed by atoms with Gasteiger partial charge in [0.2, 0.25) is 0 Å². The molecule has 0 unspecified atom stereocenters. The van der Waals surface area contributed by atoms with Crippen LogP contribution in [0.15, 0.2) is 12.3 Å². The smallest absolute Gasteiger partial charge is 0.388 e. The summed E-state index contributed by atoms with van der Waals surface area (Å²) in [6, 6.07) is 0.823. The first-order valence-corrected chi connectivity index (χ1v) is 6.33. The van der Waals surface area contributed by atoms with E-state index in [1.165, 1.54) is 0 Å². The maximum Gasteiger partial charge on any atom is 0.417 e. The molecule has 0 radical (unpaired) electrons. The number of nitrogens with zero attached hydrogens (tertiary/aromatic N) is 2. The minimum absolute atomic E-state index is 0.00122. The molecule has 0 aliphatic rings. The number of halogens is 4. The topological polar surface area (TPSA) is 66.0 Å². The Balaban J connectivity index is 3.06. The molecule has 3 N–H and O–H groups in total. The summed E-state index contributed by atoms with van der Waals surface area (Å²) in [6.07, 6.45) is -3.43. The normalized spacial score (nSPS) is 11.8. The Kier molecular flexibility index (Phi) is 5.21. The van der Waals surface area contributed by atoms with Crippen molar-refractivity contribution >= 4 is 23.3 Å². The number of rotatable bonds is 5. The van der Waals surface area contributed by atoms with Crippen molar-refractivity contribution in [2.24, 2.45) is 5.73 Å². The van der Waals surface area contributed by atoms with Crippen molar-refractivity contribution in [3.05, 3.63) is 22.8 Å². The minimum atomic E-state index is -4.47. The lowest BCUT2D eigenvalue weighted by Gasteiger charge is -2.28. The number of alkyl halides is 3. The van der Waals surface area contributed by atoms with Crippen molar-refractivity contribution in [1.29, 1.82) is 5.41 Å². The molecule has 112 valence electrons. The predicted molar refractivity (Wildman–Crippen MR) is 73.3 cm³/mol. The van der Waals surface area contributed by atoms with E-state index in [4.69, 9.17) is 22.7 Å². The maximum atomic E-state index is 12.6. The van der Waals surface area contributed by atoms with Crippen LogP contribution in [-0.2, 0) is 6.18 Å². The van der Waals surface area contributed by atoms with Crippen molar-refractivity contribution < 1.29 is 13.2 Å². The van der Waals surface area contributed by atoms with Crippen LogP contribution in [0.1, 0.15) is 25.8 Å². The van der Waals surface area contributed by atoms with Crippen LogP contribution >= 0.6 is 11.6 Å². The van der Waals surface area contributed by atoms with E-state index in [1.54, 1.807) is 4.90 Å². The second-order valence-corrected chi connectivity index (χ2v) is 5.00. The molecule has 1 rings (SSSR count). The number of hydrogen-bond acceptors (Lipinski definition) is 3. The zero-order chi connectivity index (χ0) is 15.5. The number of aromatic nitrogens is 1. The van der Waals surface area contributed by atoms with E-state index in [9.17, 15) is 13.2 Å². The lowest BCUT2D eigenvalue weighted by Crippen LogP contribution is -2.34. The molecule has 0 bridgehead atoms. The molecule has 0 saturated heterocycles. The average Bonchev–Trinajstić information content (AvgIpc) is 2.28. The summed E-state index contributed by atoms with van der Waals surface area (Å²) in [5.41, 5.74) is 4.41. The number of anilines is 1. The Bertz CT molecular complexity index is 488. The molecule has 0 atom stereocenters. The van der Waals surface area contributed by atoms with Gasteiger partial charge in [0.05, 0.1) is 16.4 Å². The third-order valence-corrected chi connectivity index (χ3v) is 2.94. The van der Waals surface area contributed by atoms with Crippen molar-refractivity contribution in [1.82, 2.24) is 4.98 Å². The van der Waals surface area contributed by atoms with Crippen LogP contribution in [0.25, 0.3) is 0 Å². The molecule has 0 aliphatic heterocycles.